The average Bonchev–Trinajstić information content (AvgIpc) is 2.94. The van der Waals surface area contributed by atoms with Gasteiger partial charge in [-0.15, -0.1) is 0 Å². The number of carbonyl (C=O) groups is 2. The molecule has 0 bridgehead atoms. The Labute approximate surface area is 110 Å². The van der Waals surface area contributed by atoms with Crippen molar-refractivity contribution >= 4 is 11.8 Å². The number of imidazole rings is 1. The predicted molar refractivity (Wildman–Crippen MR) is 70.0 cm³/mol. The largest absolute Gasteiger partial charge is 0.358 e. The lowest BCUT2D eigenvalue weighted by atomic mass is 10.3. The van der Waals surface area contributed by atoms with Crippen molar-refractivity contribution in [3.05, 3.63) is 48.5 Å². The van der Waals surface area contributed by atoms with Crippen LogP contribution in [0.4, 0.5) is 0 Å². The maximum absolute atomic E-state index is 12.0. The first-order chi connectivity index (χ1) is 9.22. The second-order valence-corrected chi connectivity index (χ2v) is 3.84. The summed E-state index contributed by atoms with van der Waals surface area (Å²) in [6.45, 7) is -0.0602. The second kappa shape index (κ2) is 5.81. The molecule has 0 aliphatic rings. The lowest BCUT2D eigenvalue weighted by molar-refractivity contribution is -0.119. The Morgan fingerprint density at radius 2 is 2.00 bits per heavy atom. The Bertz CT molecular complexity index is 577. The van der Waals surface area contributed by atoms with Crippen LogP contribution in [0.3, 0.4) is 0 Å². The maximum atomic E-state index is 12.0. The normalized spacial score (nSPS) is 9.95. The van der Waals surface area contributed by atoms with Gasteiger partial charge in [-0.2, -0.15) is 0 Å². The highest BCUT2D eigenvalue weighted by Crippen LogP contribution is 2.10. The van der Waals surface area contributed by atoms with E-state index in [9.17, 15) is 9.59 Å². The summed E-state index contributed by atoms with van der Waals surface area (Å²) in [4.78, 5) is 27.0. The summed E-state index contributed by atoms with van der Waals surface area (Å²) < 4.78 is 1.67. The van der Waals surface area contributed by atoms with Crippen LogP contribution in [-0.4, -0.2) is 35.0 Å². The third kappa shape index (κ3) is 2.98. The van der Waals surface area contributed by atoms with Crippen molar-refractivity contribution in [1.29, 1.82) is 0 Å². The summed E-state index contributed by atoms with van der Waals surface area (Å²) in [6, 6.07) is 9.39. The molecule has 19 heavy (non-hydrogen) atoms. The number of amides is 2. The van der Waals surface area contributed by atoms with E-state index in [4.69, 9.17) is 0 Å². The summed E-state index contributed by atoms with van der Waals surface area (Å²) in [7, 11) is 1.52. The Morgan fingerprint density at radius 3 is 2.68 bits per heavy atom. The molecule has 98 valence electrons. The van der Waals surface area contributed by atoms with Gasteiger partial charge >= 0.3 is 0 Å². The number of carbonyl (C=O) groups excluding carboxylic acids is 2. The third-order valence-electron chi connectivity index (χ3n) is 2.59. The van der Waals surface area contributed by atoms with Gasteiger partial charge in [0.05, 0.1) is 19.1 Å². The third-order valence-corrected chi connectivity index (χ3v) is 2.59. The molecule has 0 atom stereocenters. The number of nitrogens with zero attached hydrogens (tertiary/aromatic N) is 2. The van der Waals surface area contributed by atoms with E-state index in [1.165, 1.54) is 13.2 Å². The Kier molecular flexibility index (Phi) is 3.92. The molecule has 2 amide bonds. The Morgan fingerprint density at radius 1 is 1.26 bits per heavy atom. The summed E-state index contributed by atoms with van der Waals surface area (Å²) in [6.07, 6.45) is 3.02. The van der Waals surface area contributed by atoms with Gasteiger partial charge in [-0.25, -0.2) is 4.98 Å². The molecular formula is C13H14N4O2. The van der Waals surface area contributed by atoms with E-state index in [1.807, 2.05) is 30.3 Å². The fourth-order valence-corrected chi connectivity index (χ4v) is 1.60. The highest BCUT2D eigenvalue weighted by molar-refractivity contribution is 5.95. The number of likely N-dealkylation sites (N-methyl/N-ethyl adjacent to an activating group) is 1. The molecule has 0 fully saturated rings. The fourth-order valence-electron chi connectivity index (χ4n) is 1.60. The lowest BCUT2D eigenvalue weighted by Crippen LogP contribution is -2.35. The minimum absolute atomic E-state index is 0.0602. The molecule has 1 aromatic heterocycles. The first-order valence-electron chi connectivity index (χ1n) is 5.79. The van der Waals surface area contributed by atoms with Crippen molar-refractivity contribution in [2.24, 2.45) is 0 Å². The highest BCUT2D eigenvalue weighted by Gasteiger charge is 2.13. The van der Waals surface area contributed by atoms with Crippen LogP contribution in [0.5, 0.6) is 0 Å². The Balaban J connectivity index is 2.16. The summed E-state index contributed by atoms with van der Waals surface area (Å²) >= 11 is 0. The zero-order valence-corrected chi connectivity index (χ0v) is 10.5. The first kappa shape index (κ1) is 12.8. The van der Waals surface area contributed by atoms with Crippen molar-refractivity contribution in [2.45, 2.75) is 0 Å². The molecule has 0 saturated carbocycles. The van der Waals surface area contributed by atoms with Crippen LogP contribution < -0.4 is 10.6 Å². The van der Waals surface area contributed by atoms with Gasteiger partial charge in [0.15, 0.2) is 0 Å². The van der Waals surface area contributed by atoms with Gasteiger partial charge in [0.1, 0.15) is 5.69 Å². The van der Waals surface area contributed by atoms with E-state index >= 15 is 0 Å². The van der Waals surface area contributed by atoms with Crippen molar-refractivity contribution < 1.29 is 9.59 Å². The molecule has 1 aromatic carbocycles. The summed E-state index contributed by atoms with van der Waals surface area (Å²) in [5.74, 6) is -0.593. The van der Waals surface area contributed by atoms with Gasteiger partial charge in [-0.05, 0) is 12.1 Å². The van der Waals surface area contributed by atoms with Crippen LogP contribution in [0.1, 0.15) is 10.5 Å². The smallest absolute Gasteiger partial charge is 0.270 e. The molecule has 2 rings (SSSR count). The average molecular weight is 258 g/mol. The number of hydrogen-bond acceptors (Lipinski definition) is 3. The van der Waals surface area contributed by atoms with Crippen molar-refractivity contribution in [3.63, 3.8) is 0 Å². The van der Waals surface area contributed by atoms with Gasteiger partial charge in [0.25, 0.3) is 5.91 Å². The van der Waals surface area contributed by atoms with Crippen LogP contribution in [0.15, 0.2) is 42.9 Å². The maximum Gasteiger partial charge on any atom is 0.270 e. The minimum atomic E-state index is -0.343. The topological polar surface area (TPSA) is 76.0 Å². The zero-order valence-electron chi connectivity index (χ0n) is 10.5. The molecule has 6 heteroatoms. The molecule has 0 aliphatic carbocycles. The standard InChI is InChI=1S/C13H14N4O2/c1-14-12(18)8-16-13(19)11-7-15-9-17(11)10-5-3-2-4-6-10/h2-7,9H,8H2,1H3,(H,14,18)(H,16,19). The van der Waals surface area contributed by atoms with Gasteiger partial charge in [-0.1, -0.05) is 18.2 Å². The van der Waals surface area contributed by atoms with Gasteiger partial charge in [0, 0.05) is 12.7 Å². The summed E-state index contributed by atoms with van der Waals surface area (Å²) in [5, 5.41) is 4.97. The van der Waals surface area contributed by atoms with E-state index in [1.54, 1.807) is 10.9 Å². The number of hydrogen-bond donors (Lipinski definition) is 2. The number of aromatic nitrogens is 2. The minimum Gasteiger partial charge on any atom is -0.358 e. The van der Waals surface area contributed by atoms with E-state index in [2.05, 4.69) is 15.6 Å². The van der Waals surface area contributed by atoms with Crippen LogP contribution in [0.25, 0.3) is 5.69 Å². The number of rotatable bonds is 4. The predicted octanol–water partition coefficient (Wildman–Crippen LogP) is 0.348. The van der Waals surface area contributed by atoms with Crippen LogP contribution in [0.2, 0.25) is 0 Å². The van der Waals surface area contributed by atoms with Gasteiger partial charge in [0.2, 0.25) is 5.91 Å². The number of benzene rings is 1. The second-order valence-electron chi connectivity index (χ2n) is 3.84. The first-order valence-corrected chi connectivity index (χ1v) is 5.79. The van der Waals surface area contributed by atoms with Crippen molar-refractivity contribution in [1.82, 2.24) is 20.2 Å². The molecule has 0 saturated heterocycles. The molecule has 2 aromatic rings. The van der Waals surface area contributed by atoms with E-state index in [-0.39, 0.29) is 18.4 Å². The molecule has 6 nitrogen and oxygen atoms in total. The van der Waals surface area contributed by atoms with Gasteiger partial charge < -0.3 is 10.6 Å². The van der Waals surface area contributed by atoms with E-state index in [0.717, 1.165) is 5.69 Å². The molecule has 0 aliphatic heterocycles. The molecule has 1 heterocycles. The van der Waals surface area contributed by atoms with Crippen LogP contribution >= 0.6 is 0 Å². The van der Waals surface area contributed by atoms with Crippen LogP contribution in [-0.2, 0) is 4.79 Å². The number of nitrogens with one attached hydrogen (secondary N) is 2. The van der Waals surface area contributed by atoms with E-state index in [0.29, 0.717) is 5.69 Å². The Hall–Kier alpha value is -2.63. The van der Waals surface area contributed by atoms with Crippen molar-refractivity contribution in [3.8, 4) is 5.69 Å². The monoisotopic (exact) mass is 258 g/mol. The SMILES string of the molecule is CNC(=O)CNC(=O)c1cncn1-c1ccccc1. The molecule has 0 unspecified atom stereocenters. The molecular weight excluding hydrogens is 244 g/mol. The van der Waals surface area contributed by atoms with Crippen molar-refractivity contribution in [2.75, 3.05) is 13.6 Å². The molecule has 0 spiro atoms. The highest BCUT2D eigenvalue weighted by atomic mass is 16.2. The number of para-hydroxylation sites is 1. The lowest BCUT2D eigenvalue weighted by Gasteiger charge is -2.08. The summed E-state index contributed by atoms with van der Waals surface area (Å²) in [5.41, 5.74) is 1.22. The van der Waals surface area contributed by atoms with E-state index < -0.39 is 0 Å². The quantitative estimate of drug-likeness (QED) is 0.830. The molecule has 2 N–H and O–H groups in total. The van der Waals surface area contributed by atoms with Crippen LogP contribution in [0, 0.1) is 0 Å². The zero-order chi connectivity index (χ0) is 13.7. The molecule has 0 radical (unpaired) electrons. The fraction of sp³-hybridized carbons (Fsp3) is 0.154. The van der Waals surface area contributed by atoms with Gasteiger partial charge in [-0.3, -0.25) is 14.2 Å².